The van der Waals surface area contributed by atoms with E-state index in [1.165, 1.54) is 18.2 Å². The van der Waals surface area contributed by atoms with Crippen LogP contribution in [0.1, 0.15) is 0 Å². The number of hydrogen-bond acceptors (Lipinski definition) is 4. The summed E-state index contributed by atoms with van der Waals surface area (Å²) >= 11 is 0. The first-order valence-corrected chi connectivity index (χ1v) is 6.17. The molecule has 0 fully saturated rings. The maximum atomic E-state index is 13.5. The van der Waals surface area contributed by atoms with E-state index in [0.717, 1.165) is 6.08 Å². The first kappa shape index (κ1) is 13.1. The molecular formula is C16H10FNO3. The van der Waals surface area contributed by atoms with Gasteiger partial charge in [-0.3, -0.25) is 0 Å². The Labute approximate surface area is 119 Å². The molecular weight excluding hydrogens is 273 g/mol. The summed E-state index contributed by atoms with van der Waals surface area (Å²) in [6, 6.07) is 10.9. The van der Waals surface area contributed by atoms with Gasteiger partial charge >= 0.3 is 5.97 Å². The number of para-hydroxylation sites is 2. The van der Waals surface area contributed by atoms with Gasteiger partial charge in [-0.15, -0.1) is 0 Å². The van der Waals surface area contributed by atoms with E-state index >= 15 is 0 Å². The van der Waals surface area contributed by atoms with E-state index < -0.39 is 11.8 Å². The third-order valence-electron chi connectivity index (χ3n) is 2.84. The van der Waals surface area contributed by atoms with E-state index in [-0.39, 0.29) is 17.2 Å². The van der Waals surface area contributed by atoms with Crippen molar-refractivity contribution in [1.29, 1.82) is 0 Å². The van der Waals surface area contributed by atoms with E-state index in [2.05, 4.69) is 11.6 Å². The van der Waals surface area contributed by atoms with Crippen LogP contribution < -0.4 is 4.74 Å². The lowest BCUT2D eigenvalue weighted by Crippen LogP contribution is -2.04. The second-order valence-electron chi connectivity index (χ2n) is 4.25. The van der Waals surface area contributed by atoms with Crippen molar-refractivity contribution in [2.24, 2.45) is 0 Å². The Morgan fingerprint density at radius 1 is 1.29 bits per heavy atom. The third-order valence-corrected chi connectivity index (χ3v) is 2.84. The van der Waals surface area contributed by atoms with Gasteiger partial charge in [0.25, 0.3) is 0 Å². The molecule has 1 heterocycles. The van der Waals surface area contributed by atoms with Crippen LogP contribution in [0, 0.1) is 5.82 Å². The highest BCUT2D eigenvalue weighted by atomic mass is 19.1. The van der Waals surface area contributed by atoms with Crippen molar-refractivity contribution in [2.45, 2.75) is 0 Å². The zero-order chi connectivity index (χ0) is 14.8. The Morgan fingerprint density at radius 3 is 2.86 bits per heavy atom. The summed E-state index contributed by atoms with van der Waals surface area (Å²) in [4.78, 5) is 15.6. The van der Waals surface area contributed by atoms with Crippen LogP contribution >= 0.6 is 0 Å². The molecule has 1 aromatic heterocycles. The minimum atomic E-state index is -0.640. The second kappa shape index (κ2) is 5.20. The average molecular weight is 283 g/mol. The van der Waals surface area contributed by atoms with Crippen LogP contribution in [0.25, 0.3) is 22.6 Å². The van der Waals surface area contributed by atoms with Crippen LogP contribution in [0.2, 0.25) is 0 Å². The highest BCUT2D eigenvalue weighted by Gasteiger charge is 2.16. The molecule has 0 aliphatic carbocycles. The molecule has 21 heavy (non-hydrogen) atoms. The molecule has 3 aromatic rings. The SMILES string of the molecule is C=CC(=O)Oc1ccc(F)cc1-c1nc2ccccc2o1. The minimum absolute atomic E-state index is 0.160. The molecule has 0 saturated carbocycles. The number of benzene rings is 2. The van der Waals surface area contributed by atoms with Gasteiger partial charge in [0.05, 0.1) is 5.56 Å². The predicted octanol–water partition coefficient (Wildman–Crippen LogP) is 3.73. The van der Waals surface area contributed by atoms with Crippen molar-refractivity contribution in [1.82, 2.24) is 4.98 Å². The quantitative estimate of drug-likeness (QED) is 0.417. The van der Waals surface area contributed by atoms with Gasteiger partial charge in [-0.2, -0.15) is 0 Å². The van der Waals surface area contributed by atoms with Crippen LogP contribution in [0.15, 0.2) is 59.5 Å². The van der Waals surface area contributed by atoms with Gasteiger partial charge in [0.1, 0.15) is 17.1 Å². The molecule has 0 saturated heterocycles. The Balaban J connectivity index is 2.13. The van der Waals surface area contributed by atoms with Crippen LogP contribution in [-0.4, -0.2) is 11.0 Å². The molecule has 0 aliphatic heterocycles. The molecule has 4 nitrogen and oxygen atoms in total. The lowest BCUT2D eigenvalue weighted by atomic mass is 10.2. The van der Waals surface area contributed by atoms with Crippen molar-refractivity contribution < 1.29 is 18.3 Å². The lowest BCUT2D eigenvalue weighted by Gasteiger charge is -2.06. The van der Waals surface area contributed by atoms with Gasteiger partial charge in [0.2, 0.25) is 5.89 Å². The summed E-state index contributed by atoms with van der Waals surface area (Å²) < 4.78 is 24.1. The van der Waals surface area contributed by atoms with Gasteiger partial charge in [-0.25, -0.2) is 14.2 Å². The summed E-state index contributed by atoms with van der Waals surface area (Å²) in [6.07, 6.45) is 1.03. The molecule has 0 aliphatic rings. The second-order valence-corrected chi connectivity index (χ2v) is 4.25. The Kier molecular flexibility index (Phi) is 3.23. The fourth-order valence-electron chi connectivity index (χ4n) is 1.90. The number of fused-ring (bicyclic) bond motifs is 1. The number of hydrogen-bond donors (Lipinski definition) is 0. The van der Waals surface area contributed by atoms with E-state index in [1.807, 2.05) is 12.1 Å². The van der Waals surface area contributed by atoms with E-state index in [1.54, 1.807) is 12.1 Å². The van der Waals surface area contributed by atoms with E-state index in [0.29, 0.717) is 11.1 Å². The van der Waals surface area contributed by atoms with Crippen LogP contribution in [0.4, 0.5) is 4.39 Å². The van der Waals surface area contributed by atoms with Crippen LogP contribution in [0.5, 0.6) is 5.75 Å². The zero-order valence-corrected chi connectivity index (χ0v) is 10.9. The molecule has 5 heteroatoms. The van der Waals surface area contributed by atoms with Crippen molar-refractivity contribution >= 4 is 17.1 Å². The molecule has 0 amide bonds. The monoisotopic (exact) mass is 283 g/mol. The molecule has 0 radical (unpaired) electrons. The molecule has 0 unspecified atom stereocenters. The smallest absolute Gasteiger partial charge is 0.335 e. The summed E-state index contributed by atoms with van der Waals surface area (Å²) in [5, 5.41) is 0. The number of nitrogens with zero attached hydrogens (tertiary/aromatic N) is 1. The largest absolute Gasteiger partial charge is 0.436 e. The highest BCUT2D eigenvalue weighted by molar-refractivity contribution is 5.85. The van der Waals surface area contributed by atoms with E-state index in [4.69, 9.17) is 9.15 Å². The normalized spacial score (nSPS) is 10.5. The fourth-order valence-corrected chi connectivity index (χ4v) is 1.90. The van der Waals surface area contributed by atoms with Crippen LogP contribution in [-0.2, 0) is 4.79 Å². The molecule has 0 N–H and O–H groups in total. The lowest BCUT2D eigenvalue weighted by molar-refractivity contribution is -0.128. The van der Waals surface area contributed by atoms with E-state index in [9.17, 15) is 9.18 Å². The van der Waals surface area contributed by atoms with Crippen molar-refractivity contribution in [3.8, 4) is 17.2 Å². The number of rotatable bonds is 3. The standard InChI is InChI=1S/C16H10FNO3/c1-2-15(19)20-13-8-7-10(17)9-11(13)16-18-12-5-3-4-6-14(12)21-16/h2-9H,1H2. The predicted molar refractivity (Wildman–Crippen MR) is 75.2 cm³/mol. The molecule has 0 atom stereocenters. The molecule has 0 bridgehead atoms. The summed E-state index contributed by atoms with van der Waals surface area (Å²) in [7, 11) is 0. The van der Waals surface area contributed by atoms with Crippen molar-refractivity contribution in [3.05, 3.63) is 60.9 Å². The Hall–Kier alpha value is -2.95. The first-order valence-electron chi connectivity index (χ1n) is 6.17. The van der Waals surface area contributed by atoms with Crippen molar-refractivity contribution in [2.75, 3.05) is 0 Å². The fraction of sp³-hybridized carbons (Fsp3) is 0. The van der Waals surface area contributed by atoms with Gasteiger partial charge in [0.15, 0.2) is 5.58 Å². The third kappa shape index (κ3) is 2.53. The maximum absolute atomic E-state index is 13.5. The van der Waals surface area contributed by atoms with Crippen LogP contribution in [0.3, 0.4) is 0 Å². The molecule has 2 aromatic carbocycles. The summed E-state index contributed by atoms with van der Waals surface area (Å²) in [5.41, 5.74) is 1.47. The first-order chi connectivity index (χ1) is 10.2. The van der Waals surface area contributed by atoms with Gasteiger partial charge in [-0.05, 0) is 30.3 Å². The molecule has 3 rings (SSSR count). The molecule has 0 spiro atoms. The summed E-state index contributed by atoms with van der Waals surface area (Å²) in [5.74, 6) is -0.778. The highest BCUT2D eigenvalue weighted by Crippen LogP contribution is 2.32. The number of aromatic nitrogens is 1. The Bertz CT molecular complexity index is 805. The summed E-state index contributed by atoms with van der Waals surface area (Å²) in [6.45, 7) is 3.32. The van der Waals surface area contributed by atoms with Gasteiger partial charge in [0, 0.05) is 6.08 Å². The van der Waals surface area contributed by atoms with Crippen molar-refractivity contribution in [3.63, 3.8) is 0 Å². The number of esters is 1. The Morgan fingerprint density at radius 2 is 2.10 bits per heavy atom. The number of ether oxygens (including phenoxy) is 1. The average Bonchev–Trinajstić information content (AvgIpc) is 2.92. The number of carbonyl (C=O) groups is 1. The topological polar surface area (TPSA) is 52.3 Å². The number of carbonyl (C=O) groups excluding carboxylic acids is 1. The molecule has 104 valence electrons. The minimum Gasteiger partial charge on any atom is -0.436 e. The van der Waals surface area contributed by atoms with Gasteiger partial charge in [-0.1, -0.05) is 18.7 Å². The number of oxazole rings is 1. The number of halogens is 1. The van der Waals surface area contributed by atoms with Gasteiger partial charge < -0.3 is 9.15 Å². The zero-order valence-electron chi connectivity index (χ0n) is 10.9. The maximum Gasteiger partial charge on any atom is 0.335 e.